The van der Waals surface area contributed by atoms with E-state index in [1.54, 1.807) is 31.2 Å². The number of aryl methyl sites for hydroxylation is 1. The lowest BCUT2D eigenvalue weighted by molar-refractivity contribution is 0.478. The first kappa shape index (κ1) is 18.0. The summed E-state index contributed by atoms with van der Waals surface area (Å²) in [4.78, 5) is 0.291. The van der Waals surface area contributed by atoms with Crippen molar-refractivity contribution >= 4 is 16.1 Å². The molecule has 24 heavy (non-hydrogen) atoms. The number of nitrogens with zero attached hydrogens (tertiary/aromatic N) is 1. The molecule has 0 amide bonds. The summed E-state index contributed by atoms with van der Waals surface area (Å²) < 4.78 is 27.0. The smallest absolute Gasteiger partial charge is 0.207 e. The van der Waals surface area contributed by atoms with E-state index in [1.165, 1.54) is 4.31 Å². The Bertz CT molecular complexity index is 842. The molecule has 0 saturated heterocycles. The molecule has 0 spiro atoms. The van der Waals surface area contributed by atoms with Crippen molar-refractivity contribution in [2.24, 2.45) is 0 Å². The lowest BCUT2D eigenvalue weighted by atomic mass is 10.2. The molecule has 0 aliphatic heterocycles. The average Bonchev–Trinajstić information content (AvgIpc) is 2.59. The Balaban J connectivity index is 2.21. The highest BCUT2D eigenvalue weighted by atomic mass is 32.2. The number of hydrogen-bond donors (Lipinski definition) is 0. The molecule has 3 nitrogen and oxygen atoms in total. The van der Waals surface area contributed by atoms with Crippen LogP contribution in [0, 0.1) is 18.8 Å². The third-order valence-electron chi connectivity index (χ3n) is 3.51. The van der Waals surface area contributed by atoms with Crippen molar-refractivity contribution < 1.29 is 8.42 Å². The van der Waals surface area contributed by atoms with Gasteiger partial charge in [-0.3, -0.25) is 0 Å². The van der Waals surface area contributed by atoms with Crippen molar-refractivity contribution in [3.05, 3.63) is 71.8 Å². The molecule has 0 unspecified atom stereocenters. The predicted molar refractivity (Wildman–Crippen MR) is 98.9 cm³/mol. The van der Waals surface area contributed by atoms with Gasteiger partial charge >= 0.3 is 0 Å². The van der Waals surface area contributed by atoms with Crippen molar-refractivity contribution in [3.63, 3.8) is 0 Å². The molecular weight excluding hydrogens is 318 g/mol. The van der Waals surface area contributed by atoms with Gasteiger partial charge < -0.3 is 0 Å². The topological polar surface area (TPSA) is 37.4 Å². The van der Waals surface area contributed by atoms with Gasteiger partial charge in [0.15, 0.2) is 0 Å². The summed E-state index contributed by atoms with van der Waals surface area (Å²) in [7, 11) is -3.56. The summed E-state index contributed by atoms with van der Waals surface area (Å²) in [6, 6.07) is 16.7. The van der Waals surface area contributed by atoms with Crippen molar-refractivity contribution in [2.75, 3.05) is 13.1 Å². The van der Waals surface area contributed by atoms with Crippen LogP contribution in [0.5, 0.6) is 0 Å². The van der Waals surface area contributed by atoms with Gasteiger partial charge in [0.05, 0.1) is 11.4 Å². The van der Waals surface area contributed by atoms with Crippen LogP contribution < -0.4 is 0 Å². The summed E-state index contributed by atoms with van der Waals surface area (Å²) in [6.45, 7) is 4.08. The Morgan fingerprint density at radius 2 is 1.71 bits per heavy atom. The lowest BCUT2D eigenvalue weighted by Gasteiger charge is -2.18. The van der Waals surface area contributed by atoms with Crippen LogP contribution in [0.1, 0.15) is 18.1 Å². The highest BCUT2D eigenvalue weighted by Crippen LogP contribution is 2.16. The van der Waals surface area contributed by atoms with E-state index < -0.39 is 10.0 Å². The summed E-state index contributed by atoms with van der Waals surface area (Å²) in [5.74, 6) is 5.61. The standard InChI is InChI=1S/C20H21NO2S/c1-3-4-16-21(17-8-11-19-9-6-5-7-10-19)24(22,23)20-14-12-18(2)13-15-20/h5-15H,16-17H2,1-2H3/b11-8+. The maximum Gasteiger partial charge on any atom is 0.244 e. The quantitative estimate of drug-likeness (QED) is 0.752. The van der Waals surface area contributed by atoms with Crippen LogP contribution in [-0.2, 0) is 10.0 Å². The van der Waals surface area contributed by atoms with E-state index in [2.05, 4.69) is 11.8 Å². The fourth-order valence-electron chi connectivity index (χ4n) is 2.14. The molecule has 0 aliphatic carbocycles. The Hall–Kier alpha value is -2.35. The van der Waals surface area contributed by atoms with E-state index in [0.29, 0.717) is 4.90 Å². The minimum Gasteiger partial charge on any atom is -0.207 e. The summed E-state index contributed by atoms with van der Waals surface area (Å²) in [5, 5.41) is 0. The molecule has 2 aromatic carbocycles. The van der Waals surface area contributed by atoms with Crippen LogP contribution in [-0.4, -0.2) is 25.8 Å². The van der Waals surface area contributed by atoms with E-state index >= 15 is 0 Å². The van der Waals surface area contributed by atoms with Gasteiger partial charge in [-0.1, -0.05) is 66.1 Å². The summed E-state index contributed by atoms with van der Waals surface area (Å²) in [5.41, 5.74) is 2.06. The molecule has 0 aliphatic rings. The van der Waals surface area contributed by atoms with Crippen molar-refractivity contribution in [3.8, 4) is 11.8 Å². The van der Waals surface area contributed by atoms with Crippen molar-refractivity contribution in [2.45, 2.75) is 18.7 Å². The summed E-state index contributed by atoms with van der Waals surface area (Å²) in [6.07, 6.45) is 3.76. The van der Waals surface area contributed by atoms with Gasteiger partial charge in [0, 0.05) is 6.54 Å². The minimum absolute atomic E-state index is 0.172. The van der Waals surface area contributed by atoms with Crippen LogP contribution in [0.15, 0.2) is 65.6 Å². The number of benzene rings is 2. The fraction of sp³-hybridized carbons (Fsp3) is 0.200. The molecule has 0 saturated carbocycles. The van der Waals surface area contributed by atoms with Gasteiger partial charge in [-0.05, 0) is 31.5 Å². The van der Waals surface area contributed by atoms with Crippen LogP contribution >= 0.6 is 0 Å². The second kappa shape index (κ2) is 8.49. The predicted octanol–water partition coefficient (Wildman–Crippen LogP) is 3.72. The van der Waals surface area contributed by atoms with Crippen LogP contribution in [0.3, 0.4) is 0 Å². The summed E-state index contributed by atoms with van der Waals surface area (Å²) >= 11 is 0. The number of hydrogen-bond acceptors (Lipinski definition) is 2. The zero-order valence-electron chi connectivity index (χ0n) is 13.9. The molecule has 0 atom stereocenters. The van der Waals surface area contributed by atoms with Crippen LogP contribution in [0.25, 0.3) is 6.08 Å². The fourth-order valence-corrected chi connectivity index (χ4v) is 3.44. The Labute approximate surface area is 144 Å². The van der Waals surface area contributed by atoms with Crippen LogP contribution in [0.2, 0.25) is 0 Å². The van der Waals surface area contributed by atoms with Gasteiger partial charge in [-0.2, -0.15) is 4.31 Å². The maximum atomic E-state index is 12.8. The first-order valence-electron chi connectivity index (χ1n) is 7.72. The minimum atomic E-state index is -3.56. The van der Waals surface area contributed by atoms with Gasteiger partial charge in [-0.25, -0.2) is 8.42 Å². The zero-order valence-corrected chi connectivity index (χ0v) is 14.8. The molecule has 2 rings (SSSR count). The average molecular weight is 339 g/mol. The number of rotatable bonds is 6. The molecule has 4 heteroatoms. The van der Waals surface area contributed by atoms with Gasteiger partial charge in [0.2, 0.25) is 10.0 Å². The molecule has 124 valence electrons. The molecule has 0 fully saturated rings. The lowest BCUT2D eigenvalue weighted by Crippen LogP contribution is -2.31. The Kier molecular flexibility index (Phi) is 6.36. The first-order chi connectivity index (χ1) is 11.5. The third-order valence-corrected chi connectivity index (χ3v) is 5.34. The second-order valence-electron chi connectivity index (χ2n) is 5.35. The van der Waals surface area contributed by atoms with E-state index in [4.69, 9.17) is 0 Å². The van der Waals surface area contributed by atoms with E-state index in [0.717, 1.165) is 11.1 Å². The monoisotopic (exact) mass is 339 g/mol. The third kappa shape index (κ3) is 4.82. The first-order valence-corrected chi connectivity index (χ1v) is 9.16. The van der Waals surface area contributed by atoms with Crippen LogP contribution in [0.4, 0.5) is 0 Å². The normalized spacial score (nSPS) is 11.5. The second-order valence-corrected chi connectivity index (χ2v) is 7.29. The van der Waals surface area contributed by atoms with E-state index in [9.17, 15) is 8.42 Å². The largest absolute Gasteiger partial charge is 0.244 e. The van der Waals surface area contributed by atoms with Crippen molar-refractivity contribution in [1.29, 1.82) is 0 Å². The molecule has 0 radical (unpaired) electrons. The van der Waals surface area contributed by atoms with Gasteiger partial charge in [0.1, 0.15) is 0 Å². The highest BCUT2D eigenvalue weighted by molar-refractivity contribution is 7.89. The Morgan fingerprint density at radius 3 is 2.33 bits per heavy atom. The van der Waals surface area contributed by atoms with Crippen molar-refractivity contribution in [1.82, 2.24) is 4.31 Å². The molecule has 0 heterocycles. The molecule has 0 aromatic heterocycles. The zero-order chi connectivity index (χ0) is 17.4. The maximum absolute atomic E-state index is 12.8. The Morgan fingerprint density at radius 1 is 1.04 bits per heavy atom. The van der Waals surface area contributed by atoms with Gasteiger partial charge in [0.25, 0.3) is 0 Å². The molecule has 0 N–H and O–H groups in total. The SMILES string of the molecule is CC#CCN(C/C=C/c1ccccc1)S(=O)(=O)c1ccc(C)cc1. The van der Waals surface area contributed by atoms with E-state index in [-0.39, 0.29) is 13.1 Å². The van der Waals surface area contributed by atoms with Gasteiger partial charge in [-0.15, -0.1) is 5.92 Å². The molecular formula is C20H21NO2S. The molecule has 2 aromatic rings. The highest BCUT2D eigenvalue weighted by Gasteiger charge is 2.22. The molecule has 0 bridgehead atoms. The van der Waals surface area contributed by atoms with E-state index in [1.807, 2.05) is 49.4 Å². The number of sulfonamides is 1.